The third-order valence-corrected chi connectivity index (χ3v) is 3.03. The van der Waals surface area contributed by atoms with Crippen molar-refractivity contribution in [2.24, 2.45) is 0 Å². The van der Waals surface area contributed by atoms with E-state index in [1.54, 1.807) is 18.0 Å². The zero-order valence-corrected chi connectivity index (χ0v) is 11.0. The lowest BCUT2D eigenvalue weighted by Gasteiger charge is -2.10. The number of hydrogen-bond donors (Lipinski definition) is 0. The Morgan fingerprint density at radius 3 is 2.65 bits per heavy atom. The van der Waals surface area contributed by atoms with E-state index in [4.69, 9.17) is 8.94 Å². The smallest absolute Gasteiger partial charge is 0.226 e. The predicted molar refractivity (Wildman–Crippen MR) is 64.5 cm³/mol. The second-order valence-corrected chi connectivity index (χ2v) is 5.72. The Hall–Kier alpha value is -1.30. The zero-order valence-electron chi connectivity index (χ0n) is 10.1. The molecule has 0 saturated carbocycles. The molecule has 17 heavy (non-hydrogen) atoms. The lowest BCUT2D eigenvalue weighted by Crippen LogP contribution is -2.11. The highest BCUT2D eigenvalue weighted by Gasteiger charge is 2.21. The van der Waals surface area contributed by atoms with Crippen molar-refractivity contribution < 1.29 is 8.94 Å². The van der Waals surface area contributed by atoms with E-state index >= 15 is 0 Å². The molecule has 0 fully saturated rings. The summed E-state index contributed by atoms with van der Waals surface area (Å²) in [5.74, 6) is 2.80. The second kappa shape index (κ2) is 4.91. The standard InChI is InChI=1S/C11H15N3O2S/c1-11(2,3)10-13-12-9(16-10)7-17-6-8-4-5-15-14-8/h4-5H,6-7H2,1-3H3. The summed E-state index contributed by atoms with van der Waals surface area (Å²) in [5.41, 5.74) is 0.827. The molecule has 0 aromatic carbocycles. The van der Waals surface area contributed by atoms with E-state index in [-0.39, 0.29) is 5.41 Å². The summed E-state index contributed by atoms with van der Waals surface area (Å²) < 4.78 is 10.3. The topological polar surface area (TPSA) is 65.0 Å². The van der Waals surface area contributed by atoms with Crippen molar-refractivity contribution in [1.29, 1.82) is 0 Å². The largest absolute Gasteiger partial charge is 0.424 e. The maximum atomic E-state index is 5.58. The van der Waals surface area contributed by atoms with Gasteiger partial charge in [-0.1, -0.05) is 25.9 Å². The van der Waals surface area contributed by atoms with E-state index in [1.165, 1.54) is 0 Å². The first-order valence-electron chi connectivity index (χ1n) is 5.35. The van der Waals surface area contributed by atoms with Crippen LogP contribution >= 0.6 is 11.8 Å². The number of thioether (sulfide) groups is 1. The van der Waals surface area contributed by atoms with Gasteiger partial charge in [0.2, 0.25) is 11.8 Å². The van der Waals surface area contributed by atoms with Crippen LogP contribution < -0.4 is 0 Å². The van der Waals surface area contributed by atoms with Crippen molar-refractivity contribution in [3.8, 4) is 0 Å². The van der Waals surface area contributed by atoms with E-state index in [0.29, 0.717) is 17.5 Å². The van der Waals surface area contributed by atoms with Gasteiger partial charge in [0.25, 0.3) is 0 Å². The quantitative estimate of drug-likeness (QED) is 0.834. The molecular formula is C11H15N3O2S. The molecule has 0 N–H and O–H groups in total. The molecule has 0 aliphatic heterocycles. The van der Waals surface area contributed by atoms with Crippen molar-refractivity contribution in [3.05, 3.63) is 29.8 Å². The monoisotopic (exact) mass is 253 g/mol. The van der Waals surface area contributed by atoms with Crippen LogP contribution in [0.15, 0.2) is 21.3 Å². The third-order valence-electron chi connectivity index (χ3n) is 2.08. The molecule has 0 saturated heterocycles. The maximum absolute atomic E-state index is 5.58. The Morgan fingerprint density at radius 1 is 1.24 bits per heavy atom. The molecule has 0 atom stereocenters. The summed E-state index contributed by atoms with van der Waals surface area (Å²) in [6.07, 6.45) is 1.57. The van der Waals surface area contributed by atoms with Crippen molar-refractivity contribution in [2.45, 2.75) is 37.7 Å². The highest BCUT2D eigenvalue weighted by molar-refractivity contribution is 7.97. The zero-order chi connectivity index (χ0) is 12.3. The molecule has 0 aliphatic carbocycles. The summed E-state index contributed by atoms with van der Waals surface area (Å²) in [7, 11) is 0. The van der Waals surface area contributed by atoms with Crippen molar-refractivity contribution in [1.82, 2.24) is 15.4 Å². The maximum Gasteiger partial charge on any atom is 0.226 e. The molecular weight excluding hydrogens is 238 g/mol. The average Bonchev–Trinajstić information content (AvgIpc) is 2.86. The van der Waals surface area contributed by atoms with Gasteiger partial charge in [-0.05, 0) is 0 Å². The first kappa shape index (κ1) is 12.2. The Bertz CT molecular complexity index is 459. The lowest BCUT2D eigenvalue weighted by molar-refractivity contribution is 0.378. The van der Waals surface area contributed by atoms with Gasteiger partial charge in [-0.3, -0.25) is 0 Å². The van der Waals surface area contributed by atoms with Crippen LogP contribution in [-0.2, 0) is 16.9 Å². The fourth-order valence-electron chi connectivity index (χ4n) is 1.17. The van der Waals surface area contributed by atoms with Gasteiger partial charge in [0.05, 0.1) is 11.4 Å². The van der Waals surface area contributed by atoms with E-state index in [1.807, 2.05) is 26.8 Å². The highest BCUT2D eigenvalue weighted by Crippen LogP contribution is 2.22. The van der Waals surface area contributed by atoms with Crippen LogP contribution in [0.25, 0.3) is 0 Å². The second-order valence-electron chi connectivity index (χ2n) is 4.73. The molecule has 5 nitrogen and oxygen atoms in total. The molecule has 0 bridgehead atoms. The lowest BCUT2D eigenvalue weighted by atomic mass is 9.97. The normalized spacial score (nSPS) is 11.9. The number of nitrogens with zero attached hydrogens (tertiary/aromatic N) is 3. The number of rotatable bonds is 4. The molecule has 2 aromatic heterocycles. The van der Waals surface area contributed by atoms with Crippen LogP contribution in [0, 0.1) is 0 Å². The molecule has 0 spiro atoms. The number of aromatic nitrogens is 3. The Balaban J connectivity index is 1.85. The molecule has 2 heterocycles. The van der Waals surface area contributed by atoms with E-state index in [0.717, 1.165) is 11.4 Å². The van der Waals surface area contributed by atoms with Gasteiger partial charge in [-0.25, -0.2) is 0 Å². The molecule has 0 amide bonds. The summed E-state index contributed by atoms with van der Waals surface area (Å²) >= 11 is 1.67. The van der Waals surface area contributed by atoms with E-state index in [2.05, 4.69) is 15.4 Å². The molecule has 2 aromatic rings. The van der Waals surface area contributed by atoms with Crippen LogP contribution in [0.5, 0.6) is 0 Å². The predicted octanol–water partition coefficient (Wildman–Crippen LogP) is 2.79. The van der Waals surface area contributed by atoms with Gasteiger partial charge in [-0.15, -0.1) is 22.0 Å². The minimum atomic E-state index is -0.0952. The van der Waals surface area contributed by atoms with E-state index < -0.39 is 0 Å². The fraction of sp³-hybridized carbons (Fsp3) is 0.545. The van der Waals surface area contributed by atoms with Crippen LogP contribution in [0.1, 0.15) is 38.2 Å². The first-order chi connectivity index (χ1) is 8.05. The van der Waals surface area contributed by atoms with Crippen LogP contribution in [0.2, 0.25) is 0 Å². The molecule has 0 aliphatic rings. The van der Waals surface area contributed by atoms with Gasteiger partial charge >= 0.3 is 0 Å². The van der Waals surface area contributed by atoms with Gasteiger partial charge in [-0.2, -0.15) is 0 Å². The Labute approximate surface area is 104 Å². The minimum absolute atomic E-state index is 0.0952. The fourth-order valence-corrected chi connectivity index (χ4v) is 1.92. The van der Waals surface area contributed by atoms with Crippen LogP contribution in [0.3, 0.4) is 0 Å². The van der Waals surface area contributed by atoms with Crippen molar-refractivity contribution in [3.63, 3.8) is 0 Å². The Kier molecular flexibility index (Phi) is 3.51. The summed E-state index contributed by atoms with van der Waals surface area (Å²) in [6, 6.07) is 1.85. The highest BCUT2D eigenvalue weighted by atomic mass is 32.2. The Morgan fingerprint density at radius 2 is 2.06 bits per heavy atom. The minimum Gasteiger partial charge on any atom is -0.424 e. The van der Waals surface area contributed by atoms with Crippen molar-refractivity contribution in [2.75, 3.05) is 0 Å². The first-order valence-corrected chi connectivity index (χ1v) is 6.51. The summed E-state index contributed by atoms with van der Waals surface area (Å²) in [6.45, 7) is 6.15. The van der Waals surface area contributed by atoms with Crippen LogP contribution in [0.4, 0.5) is 0 Å². The van der Waals surface area contributed by atoms with Gasteiger partial charge < -0.3 is 8.94 Å². The molecule has 0 unspecified atom stereocenters. The summed E-state index contributed by atoms with van der Waals surface area (Å²) in [5, 5.41) is 11.9. The van der Waals surface area contributed by atoms with Gasteiger partial charge in [0.15, 0.2) is 0 Å². The SMILES string of the molecule is CC(C)(C)c1nnc(CSCc2ccon2)o1. The van der Waals surface area contributed by atoms with Crippen LogP contribution in [-0.4, -0.2) is 15.4 Å². The average molecular weight is 253 g/mol. The van der Waals surface area contributed by atoms with Gasteiger partial charge in [0, 0.05) is 17.2 Å². The third kappa shape index (κ3) is 3.33. The molecule has 0 radical (unpaired) electrons. The molecule has 92 valence electrons. The summed E-state index contributed by atoms with van der Waals surface area (Å²) in [4.78, 5) is 0. The molecule has 6 heteroatoms. The number of hydrogen-bond acceptors (Lipinski definition) is 6. The molecule has 2 rings (SSSR count). The van der Waals surface area contributed by atoms with Gasteiger partial charge in [0.1, 0.15) is 6.26 Å². The van der Waals surface area contributed by atoms with E-state index in [9.17, 15) is 0 Å². The van der Waals surface area contributed by atoms with Crippen molar-refractivity contribution >= 4 is 11.8 Å².